The zero-order valence-electron chi connectivity index (χ0n) is 14.8. The summed E-state index contributed by atoms with van der Waals surface area (Å²) in [5.41, 5.74) is 2.59. The van der Waals surface area contributed by atoms with Crippen LogP contribution in [0, 0.1) is 0 Å². The van der Waals surface area contributed by atoms with Gasteiger partial charge in [-0.05, 0) is 42.5 Å². The molecule has 27 heavy (non-hydrogen) atoms. The molecule has 6 nitrogen and oxygen atoms in total. The highest BCUT2D eigenvalue weighted by molar-refractivity contribution is 6.33. The van der Waals surface area contributed by atoms with Gasteiger partial charge in [0.15, 0.2) is 0 Å². The van der Waals surface area contributed by atoms with Crippen LogP contribution in [0.15, 0.2) is 60.9 Å². The molecule has 138 valence electrons. The van der Waals surface area contributed by atoms with Crippen molar-refractivity contribution in [3.63, 3.8) is 0 Å². The second-order valence-electron chi connectivity index (χ2n) is 5.72. The Morgan fingerprint density at radius 3 is 2.74 bits per heavy atom. The van der Waals surface area contributed by atoms with E-state index in [9.17, 15) is 4.79 Å². The molecule has 1 aromatic carbocycles. The minimum atomic E-state index is -0.250. The maximum Gasteiger partial charge on any atom is 0.257 e. The maximum absolute atomic E-state index is 12.5. The van der Waals surface area contributed by atoms with E-state index < -0.39 is 0 Å². The Morgan fingerprint density at radius 1 is 1.15 bits per heavy atom. The van der Waals surface area contributed by atoms with Crippen LogP contribution >= 0.6 is 11.6 Å². The first kappa shape index (κ1) is 18.8. The molecule has 0 saturated carbocycles. The molecule has 0 saturated heterocycles. The second kappa shape index (κ2) is 9.12. The smallest absolute Gasteiger partial charge is 0.257 e. The highest BCUT2D eigenvalue weighted by atomic mass is 35.5. The number of amides is 1. The number of methoxy groups -OCH3 is 1. The normalized spacial score (nSPS) is 10.4. The summed E-state index contributed by atoms with van der Waals surface area (Å²) in [6, 6.07) is 14.4. The van der Waals surface area contributed by atoms with E-state index in [1.165, 1.54) is 6.20 Å². The van der Waals surface area contributed by atoms with Gasteiger partial charge in [0.2, 0.25) is 0 Å². The zero-order valence-corrected chi connectivity index (χ0v) is 15.5. The van der Waals surface area contributed by atoms with Crippen LogP contribution in [-0.2, 0) is 4.74 Å². The van der Waals surface area contributed by atoms with Crippen LogP contribution in [0.2, 0.25) is 5.02 Å². The van der Waals surface area contributed by atoms with Crippen molar-refractivity contribution in [2.24, 2.45) is 0 Å². The van der Waals surface area contributed by atoms with Gasteiger partial charge < -0.3 is 15.4 Å². The quantitative estimate of drug-likeness (QED) is 0.601. The molecule has 3 aromatic rings. The highest BCUT2D eigenvalue weighted by Gasteiger charge is 2.10. The summed E-state index contributed by atoms with van der Waals surface area (Å²) in [6.45, 7) is 1.23. The minimum Gasteiger partial charge on any atom is -0.383 e. The molecule has 2 heterocycles. The number of halogens is 1. The average molecular weight is 383 g/mol. The standard InChI is InChI=1S/C20H19ClN4O2/c1-27-11-10-23-19-8-5-14(13-24-19)20(26)25-15-6-7-17(21)16(12-15)18-4-2-3-9-22-18/h2-9,12-13H,10-11H2,1H3,(H,23,24)(H,25,26). The first-order valence-electron chi connectivity index (χ1n) is 8.38. The number of anilines is 2. The largest absolute Gasteiger partial charge is 0.383 e. The Bertz CT molecular complexity index is 902. The van der Waals surface area contributed by atoms with Gasteiger partial charge >= 0.3 is 0 Å². The van der Waals surface area contributed by atoms with Crippen molar-refractivity contribution in [1.29, 1.82) is 0 Å². The van der Waals surface area contributed by atoms with Gasteiger partial charge in [-0.2, -0.15) is 0 Å². The van der Waals surface area contributed by atoms with Crippen molar-refractivity contribution in [2.75, 3.05) is 30.9 Å². The molecule has 1 amide bonds. The fraction of sp³-hybridized carbons (Fsp3) is 0.150. The number of carbonyl (C=O) groups excluding carboxylic acids is 1. The van der Waals surface area contributed by atoms with Crippen LogP contribution in [0.1, 0.15) is 10.4 Å². The van der Waals surface area contributed by atoms with E-state index in [1.807, 2.05) is 18.2 Å². The van der Waals surface area contributed by atoms with Crippen molar-refractivity contribution >= 4 is 29.0 Å². The number of hydrogen-bond donors (Lipinski definition) is 2. The molecule has 0 aliphatic rings. The molecule has 2 aromatic heterocycles. The van der Waals surface area contributed by atoms with Gasteiger partial charge in [-0.3, -0.25) is 9.78 Å². The number of rotatable bonds is 7. The SMILES string of the molecule is COCCNc1ccc(C(=O)Nc2ccc(Cl)c(-c3ccccn3)c2)cn1. The Balaban J connectivity index is 1.71. The fourth-order valence-electron chi connectivity index (χ4n) is 2.44. The molecule has 2 N–H and O–H groups in total. The summed E-state index contributed by atoms with van der Waals surface area (Å²) in [5.74, 6) is 0.438. The molecule has 3 rings (SSSR count). The molecular formula is C20H19ClN4O2. The van der Waals surface area contributed by atoms with Crippen LogP contribution < -0.4 is 10.6 Å². The third-order valence-corrected chi connectivity index (χ3v) is 4.13. The monoisotopic (exact) mass is 382 g/mol. The minimum absolute atomic E-state index is 0.250. The topological polar surface area (TPSA) is 76.1 Å². The van der Waals surface area contributed by atoms with E-state index in [0.29, 0.717) is 35.2 Å². The molecule has 0 fully saturated rings. The summed E-state index contributed by atoms with van der Waals surface area (Å²) in [5, 5.41) is 6.53. The fourth-order valence-corrected chi connectivity index (χ4v) is 2.65. The summed E-state index contributed by atoms with van der Waals surface area (Å²) in [6.07, 6.45) is 3.23. The molecule has 0 aliphatic carbocycles. The van der Waals surface area contributed by atoms with Gasteiger partial charge in [-0.15, -0.1) is 0 Å². The molecule has 0 radical (unpaired) electrons. The predicted molar refractivity (Wildman–Crippen MR) is 107 cm³/mol. The lowest BCUT2D eigenvalue weighted by molar-refractivity contribution is 0.102. The second-order valence-corrected chi connectivity index (χ2v) is 6.12. The van der Waals surface area contributed by atoms with Gasteiger partial charge in [0.1, 0.15) is 5.82 Å². The first-order valence-corrected chi connectivity index (χ1v) is 8.76. The van der Waals surface area contributed by atoms with E-state index in [4.69, 9.17) is 16.3 Å². The average Bonchev–Trinajstić information content (AvgIpc) is 2.71. The molecule has 0 spiro atoms. The lowest BCUT2D eigenvalue weighted by atomic mass is 10.1. The molecule has 7 heteroatoms. The number of nitrogens with zero attached hydrogens (tertiary/aromatic N) is 2. The number of carbonyl (C=O) groups is 1. The van der Waals surface area contributed by atoms with Crippen LogP contribution in [-0.4, -0.2) is 36.1 Å². The van der Waals surface area contributed by atoms with Crippen LogP contribution in [0.4, 0.5) is 11.5 Å². The van der Waals surface area contributed by atoms with Crippen molar-refractivity contribution in [3.8, 4) is 11.3 Å². The number of benzene rings is 1. The van der Waals surface area contributed by atoms with E-state index in [1.54, 1.807) is 43.6 Å². The summed E-state index contributed by atoms with van der Waals surface area (Å²) in [7, 11) is 1.64. The summed E-state index contributed by atoms with van der Waals surface area (Å²) < 4.78 is 4.97. The molecule has 0 bridgehead atoms. The van der Waals surface area contributed by atoms with Gasteiger partial charge in [0.05, 0.1) is 22.9 Å². The van der Waals surface area contributed by atoms with Crippen molar-refractivity contribution in [2.45, 2.75) is 0 Å². The van der Waals surface area contributed by atoms with Gasteiger partial charge in [0, 0.05) is 37.3 Å². The first-order chi connectivity index (χ1) is 13.2. The molecular weight excluding hydrogens is 364 g/mol. The Labute approximate surface area is 162 Å². The lowest BCUT2D eigenvalue weighted by Gasteiger charge is -2.10. The molecule has 0 atom stereocenters. The Hall–Kier alpha value is -2.96. The van der Waals surface area contributed by atoms with Crippen LogP contribution in [0.3, 0.4) is 0 Å². The summed E-state index contributed by atoms with van der Waals surface area (Å²) in [4.78, 5) is 21.0. The van der Waals surface area contributed by atoms with E-state index in [0.717, 1.165) is 11.3 Å². The van der Waals surface area contributed by atoms with Crippen LogP contribution in [0.25, 0.3) is 11.3 Å². The number of pyridine rings is 2. The zero-order chi connectivity index (χ0) is 19.1. The lowest BCUT2D eigenvalue weighted by Crippen LogP contribution is -2.13. The number of hydrogen-bond acceptors (Lipinski definition) is 5. The van der Waals surface area contributed by atoms with E-state index >= 15 is 0 Å². The van der Waals surface area contributed by atoms with Crippen molar-refractivity contribution in [3.05, 3.63) is 71.5 Å². The molecule has 0 unspecified atom stereocenters. The Kier molecular flexibility index (Phi) is 6.35. The number of ether oxygens (including phenoxy) is 1. The third kappa shape index (κ3) is 5.03. The number of aromatic nitrogens is 2. The van der Waals surface area contributed by atoms with Crippen molar-refractivity contribution < 1.29 is 9.53 Å². The van der Waals surface area contributed by atoms with Crippen LogP contribution in [0.5, 0.6) is 0 Å². The van der Waals surface area contributed by atoms with Gasteiger partial charge in [0.25, 0.3) is 5.91 Å². The van der Waals surface area contributed by atoms with Gasteiger partial charge in [-0.25, -0.2) is 4.98 Å². The molecule has 0 aliphatic heterocycles. The highest BCUT2D eigenvalue weighted by Crippen LogP contribution is 2.29. The summed E-state index contributed by atoms with van der Waals surface area (Å²) >= 11 is 6.28. The van der Waals surface area contributed by atoms with Gasteiger partial charge in [-0.1, -0.05) is 17.7 Å². The number of nitrogens with one attached hydrogen (secondary N) is 2. The van der Waals surface area contributed by atoms with Crippen molar-refractivity contribution in [1.82, 2.24) is 9.97 Å². The van der Waals surface area contributed by atoms with E-state index in [-0.39, 0.29) is 5.91 Å². The third-order valence-electron chi connectivity index (χ3n) is 3.80. The maximum atomic E-state index is 12.5. The Morgan fingerprint density at radius 2 is 2.04 bits per heavy atom. The van der Waals surface area contributed by atoms with E-state index in [2.05, 4.69) is 20.6 Å². The predicted octanol–water partition coefficient (Wildman–Crippen LogP) is 4.11.